The fourth-order valence-electron chi connectivity index (χ4n) is 1.79. The minimum absolute atomic E-state index is 0.000992. The van der Waals surface area contributed by atoms with Crippen LogP contribution in [0, 0.1) is 0 Å². The van der Waals surface area contributed by atoms with Crippen LogP contribution in [0.5, 0.6) is 5.75 Å². The highest BCUT2D eigenvalue weighted by Crippen LogP contribution is 2.13. The van der Waals surface area contributed by atoms with E-state index in [0.29, 0.717) is 25.3 Å². The fourth-order valence-corrected chi connectivity index (χ4v) is 1.79. The molecule has 1 amide bonds. The number of carbonyl (C=O) groups excluding carboxylic acids is 1. The van der Waals surface area contributed by atoms with Crippen molar-refractivity contribution >= 4 is 12.1 Å². The maximum atomic E-state index is 11.9. The van der Waals surface area contributed by atoms with Crippen LogP contribution in [0.4, 0.5) is 4.79 Å². The zero-order chi connectivity index (χ0) is 13.7. The standard InChI is InChI=1S/C13H15NO5/c15-12(16)11-9-14(7-4-8-18-11)13(17)19-10-5-2-1-3-6-10/h1-3,5-6,11H,4,7-9H2,(H,15,16). The van der Waals surface area contributed by atoms with E-state index in [1.807, 2.05) is 6.07 Å². The monoisotopic (exact) mass is 265 g/mol. The van der Waals surface area contributed by atoms with E-state index in [2.05, 4.69) is 0 Å². The quantitative estimate of drug-likeness (QED) is 0.873. The van der Waals surface area contributed by atoms with Crippen LogP contribution in [0.1, 0.15) is 6.42 Å². The second kappa shape index (κ2) is 6.19. The summed E-state index contributed by atoms with van der Waals surface area (Å²) in [5.74, 6) is -0.635. The molecule has 2 rings (SSSR count). The summed E-state index contributed by atoms with van der Waals surface area (Å²) in [6.07, 6.45) is -0.956. The first-order valence-corrected chi connectivity index (χ1v) is 6.03. The molecule has 0 bridgehead atoms. The summed E-state index contributed by atoms with van der Waals surface area (Å²) in [5, 5.41) is 8.95. The Hall–Kier alpha value is -2.08. The lowest BCUT2D eigenvalue weighted by Crippen LogP contribution is -2.41. The molecule has 1 heterocycles. The second-order valence-electron chi connectivity index (χ2n) is 4.18. The third-order valence-corrected chi connectivity index (χ3v) is 2.76. The molecule has 19 heavy (non-hydrogen) atoms. The third-order valence-electron chi connectivity index (χ3n) is 2.76. The highest BCUT2D eigenvalue weighted by Gasteiger charge is 2.28. The first-order valence-electron chi connectivity index (χ1n) is 6.03. The summed E-state index contributed by atoms with van der Waals surface area (Å²) in [6, 6.07) is 8.67. The molecule has 102 valence electrons. The molecule has 6 heteroatoms. The number of amides is 1. The van der Waals surface area contributed by atoms with Crippen LogP contribution in [-0.4, -0.2) is 47.9 Å². The molecule has 6 nitrogen and oxygen atoms in total. The lowest BCUT2D eigenvalue weighted by molar-refractivity contribution is -0.150. The van der Waals surface area contributed by atoms with Crippen molar-refractivity contribution < 1.29 is 24.2 Å². The van der Waals surface area contributed by atoms with Gasteiger partial charge >= 0.3 is 12.1 Å². The molecular formula is C13H15NO5. The predicted molar refractivity (Wildman–Crippen MR) is 66.0 cm³/mol. The van der Waals surface area contributed by atoms with Gasteiger partial charge in [0.25, 0.3) is 0 Å². The van der Waals surface area contributed by atoms with E-state index < -0.39 is 18.2 Å². The van der Waals surface area contributed by atoms with Gasteiger partial charge in [0.2, 0.25) is 0 Å². The molecule has 1 atom stereocenters. The number of aliphatic carboxylic acids is 1. The summed E-state index contributed by atoms with van der Waals surface area (Å²) in [6.45, 7) is 0.753. The van der Waals surface area contributed by atoms with Crippen LogP contribution >= 0.6 is 0 Å². The van der Waals surface area contributed by atoms with Crippen molar-refractivity contribution in [3.63, 3.8) is 0 Å². The van der Waals surface area contributed by atoms with Gasteiger partial charge in [0.15, 0.2) is 6.10 Å². The molecule has 0 saturated carbocycles. The number of ether oxygens (including phenoxy) is 2. The smallest absolute Gasteiger partial charge is 0.415 e. The van der Waals surface area contributed by atoms with E-state index in [-0.39, 0.29) is 6.54 Å². The van der Waals surface area contributed by atoms with Gasteiger partial charge in [-0.15, -0.1) is 0 Å². The number of nitrogens with zero attached hydrogens (tertiary/aromatic N) is 1. The molecule has 1 aliphatic heterocycles. The van der Waals surface area contributed by atoms with E-state index in [4.69, 9.17) is 14.6 Å². The van der Waals surface area contributed by atoms with Gasteiger partial charge in [-0.3, -0.25) is 0 Å². The normalized spacial score (nSPS) is 19.6. The summed E-state index contributed by atoms with van der Waals surface area (Å²) in [7, 11) is 0. The Bertz CT molecular complexity index is 448. The molecule has 1 aromatic rings. The number of carbonyl (C=O) groups is 2. The van der Waals surface area contributed by atoms with Crippen LogP contribution < -0.4 is 4.74 Å². The number of carboxylic acids is 1. The first kappa shape index (κ1) is 13.4. The first-order chi connectivity index (χ1) is 9.16. The third kappa shape index (κ3) is 3.69. The van der Waals surface area contributed by atoms with E-state index in [0.717, 1.165) is 0 Å². The fraction of sp³-hybridized carbons (Fsp3) is 0.385. The van der Waals surface area contributed by atoms with Gasteiger partial charge in [-0.1, -0.05) is 18.2 Å². The zero-order valence-corrected chi connectivity index (χ0v) is 10.3. The molecule has 1 saturated heterocycles. The Balaban J connectivity index is 1.99. The van der Waals surface area contributed by atoms with Gasteiger partial charge in [0.05, 0.1) is 6.54 Å². The summed E-state index contributed by atoms with van der Waals surface area (Å²) >= 11 is 0. The van der Waals surface area contributed by atoms with Crippen LogP contribution in [0.3, 0.4) is 0 Å². The molecule has 0 aromatic heterocycles. The lowest BCUT2D eigenvalue weighted by Gasteiger charge is -2.21. The van der Waals surface area contributed by atoms with Gasteiger partial charge in [-0.2, -0.15) is 0 Å². The minimum atomic E-state index is -1.07. The molecule has 0 spiro atoms. The highest BCUT2D eigenvalue weighted by atomic mass is 16.6. The van der Waals surface area contributed by atoms with Crippen LogP contribution in [-0.2, 0) is 9.53 Å². The molecule has 1 aromatic carbocycles. The van der Waals surface area contributed by atoms with Gasteiger partial charge < -0.3 is 19.5 Å². The lowest BCUT2D eigenvalue weighted by atomic mass is 10.3. The van der Waals surface area contributed by atoms with E-state index in [1.165, 1.54) is 4.90 Å². The van der Waals surface area contributed by atoms with Crippen molar-refractivity contribution in [3.8, 4) is 5.75 Å². The Morgan fingerprint density at radius 2 is 2.05 bits per heavy atom. The molecule has 1 aliphatic rings. The number of rotatable bonds is 2. The van der Waals surface area contributed by atoms with Gasteiger partial charge in [-0.25, -0.2) is 9.59 Å². The summed E-state index contributed by atoms with van der Waals surface area (Å²) < 4.78 is 10.3. The van der Waals surface area contributed by atoms with Crippen molar-refractivity contribution in [1.82, 2.24) is 4.90 Å². The SMILES string of the molecule is O=C(O)C1CN(C(=O)Oc2ccccc2)CCCO1. The molecular weight excluding hydrogens is 250 g/mol. The van der Waals surface area contributed by atoms with Crippen LogP contribution in [0.2, 0.25) is 0 Å². The average Bonchev–Trinajstić information content (AvgIpc) is 2.65. The van der Waals surface area contributed by atoms with Crippen molar-refractivity contribution in [2.75, 3.05) is 19.7 Å². The van der Waals surface area contributed by atoms with Crippen molar-refractivity contribution in [2.45, 2.75) is 12.5 Å². The van der Waals surface area contributed by atoms with Gasteiger partial charge in [0.1, 0.15) is 5.75 Å². The average molecular weight is 265 g/mol. The van der Waals surface area contributed by atoms with Crippen molar-refractivity contribution in [3.05, 3.63) is 30.3 Å². The van der Waals surface area contributed by atoms with Crippen LogP contribution in [0.25, 0.3) is 0 Å². The Morgan fingerprint density at radius 1 is 1.32 bits per heavy atom. The number of para-hydroxylation sites is 1. The predicted octanol–water partition coefficient (Wildman–Crippen LogP) is 1.36. The highest BCUT2D eigenvalue weighted by molar-refractivity contribution is 5.75. The Morgan fingerprint density at radius 3 is 2.74 bits per heavy atom. The number of hydrogen-bond acceptors (Lipinski definition) is 4. The minimum Gasteiger partial charge on any atom is -0.479 e. The van der Waals surface area contributed by atoms with E-state index in [1.54, 1.807) is 24.3 Å². The van der Waals surface area contributed by atoms with Crippen LogP contribution in [0.15, 0.2) is 30.3 Å². The number of benzene rings is 1. The molecule has 0 aliphatic carbocycles. The van der Waals surface area contributed by atoms with Gasteiger partial charge in [-0.05, 0) is 18.6 Å². The number of hydrogen-bond donors (Lipinski definition) is 1. The van der Waals surface area contributed by atoms with Crippen molar-refractivity contribution in [1.29, 1.82) is 0 Å². The largest absolute Gasteiger partial charge is 0.479 e. The Kier molecular flexibility index (Phi) is 4.35. The second-order valence-corrected chi connectivity index (χ2v) is 4.18. The molecule has 1 unspecified atom stereocenters. The molecule has 0 radical (unpaired) electrons. The van der Waals surface area contributed by atoms with E-state index in [9.17, 15) is 9.59 Å². The number of carboxylic acid groups (broad SMARTS) is 1. The summed E-state index contributed by atoms with van der Waals surface area (Å²) in [5.41, 5.74) is 0. The van der Waals surface area contributed by atoms with Gasteiger partial charge in [0, 0.05) is 13.2 Å². The zero-order valence-electron chi connectivity index (χ0n) is 10.3. The maximum Gasteiger partial charge on any atom is 0.415 e. The Labute approximate surface area is 110 Å². The molecule has 1 fully saturated rings. The maximum absolute atomic E-state index is 11.9. The van der Waals surface area contributed by atoms with Crippen molar-refractivity contribution in [2.24, 2.45) is 0 Å². The topological polar surface area (TPSA) is 76.1 Å². The van der Waals surface area contributed by atoms with E-state index >= 15 is 0 Å². The molecule has 1 N–H and O–H groups in total. The summed E-state index contributed by atoms with van der Waals surface area (Å²) in [4.78, 5) is 24.2.